The van der Waals surface area contributed by atoms with Crippen molar-refractivity contribution in [1.82, 2.24) is 0 Å². The van der Waals surface area contributed by atoms with Crippen LogP contribution in [-0.2, 0) is 6.18 Å². The maximum Gasteiger partial charge on any atom is 0.418 e. The number of ether oxygens (including phenoxy) is 1. The van der Waals surface area contributed by atoms with E-state index >= 15 is 0 Å². The average Bonchev–Trinajstić information content (AvgIpc) is 2.48. The molecule has 0 aliphatic heterocycles. The second-order valence-corrected chi connectivity index (χ2v) is 4.36. The Hall–Kier alpha value is -2.64. The molecule has 0 atom stereocenters. The van der Waals surface area contributed by atoms with Gasteiger partial charge in [0.1, 0.15) is 5.75 Å². The minimum atomic E-state index is -4.49. The Morgan fingerprint density at radius 1 is 1.00 bits per heavy atom. The Bertz CT molecular complexity index is 668. The number of hydrazone groups is 1. The van der Waals surface area contributed by atoms with E-state index in [1.807, 2.05) is 0 Å². The first-order chi connectivity index (χ1) is 10.9. The SMILES string of the molecule is FC(F)Oc1ccc(/C=N\Nc2ccccc2C(F)(F)F)cc1. The number of hydrogen-bond acceptors (Lipinski definition) is 3. The van der Waals surface area contributed by atoms with Gasteiger partial charge >= 0.3 is 12.8 Å². The van der Waals surface area contributed by atoms with Crippen molar-refractivity contribution in [2.45, 2.75) is 12.8 Å². The number of alkyl halides is 5. The quantitative estimate of drug-likeness (QED) is 0.487. The molecule has 0 saturated heterocycles. The monoisotopic (exact) mass is 330 g/mol. The minimum absolute atomic E-state index is 0.0208. The number of nitrogens with one attached hydrogen (secondary N) is 1. The highest BCUT2D eigenvalue weighted by atomic mass is 19.4. The molecule has 1 N–H and O–H groups in total. The van der Waals surface area contributed by atoms with Crippen LogP contribution in [-0.4, -0.2) is 12.8 Å². The van der Waals surface area contributed by atoms with E-state index in [2.05, 4.69) is 15.3 Å². The molecule has 0 unspecified atom stereocenters. The number of benzene rings is 2. The summed E-state index contributed by atoms with van der Waals surface area (Å²) in [4.78, 5) is 0. The first-order valence-electron chi connectivity index (χ1n) is 6.36. The zero-order valence-electron chi connectivity index (χ0n) is 11.5. The van der Waals surface area contributed by atoms with Crippen LogP contribution in [0.2, 0.25) is 0 Å². The van der Waals surface area contributed by atoms with E-state index in [0.717, 1.165) is 6.07 Å². The van der Waals surface area contributed by atoms with Crippen LogP contribution in [0.1, 0.15) is 11.1 Å². The fourth-order valence-corrected chi connectivity index (χ4v) is 1.74. The molecular formula is C15H11F5N2O. The molecule has 2 rings (SSSR count). The van der Waals surface area contributed by atoms with Crippen molar-refractivity contribution < 1.29 is 26.7 Å². The van der Waals surface area contributed by atoms with Crippen LogP contribution in [0.3, 0.4) is 0 Å². The predicted octanol–water partition coefficient (Wildman–Crippen LogP) is 4.75. The van der Waals surface area contributed by atoms with Gasteiger partial charge in [0.15, 0.2) is 0 Å². The molecule has 23 heavy (non-hydrogen) atoms. The van der Waals surface area contributed by atoms with Gasteiger partial charge in [-0.2, -0.15) is 27.1 Å². The topological polar surface area (TPSA) is 33.6 Å². The molecule has 0 amide bonds. The third kappa shape index (κ3) is 4.94. The Balaban J connectivity index is 2.05. The summed E-state index contributed by atoms with van der Waals surface area (Å²) < 4.78 is 66.5. The van der Waals surface area contributed by atoms with Crippen LogP contribution in [0.4, 0.5) is 27.6 Å². The lowest BCUT2D eigenvalue weighted by atomic mass is 10.2. The summed E-state index contributed by atoms with van der Waals surface area (Å²) in [7, 11) is 0. The van der Waals surface area contributed by atoms with Crippen LogP contribution in [0.25, 0.3) is 0 Å². The molecule has 2 aromatic carbocycles. The Morgan fingerprint density at radius 2 is 1.65 bits per heavy atom. The number of hydrogen-bond donors (Lipinski definition) is 1. The molecule has 122 valence electrons. The first kappa shape index (κ1) is 16.7. The number of anilines is 1. The van der Waals surface area contributed by atoms with Gasteiger partial charge in [0, 0.05) is 0 Å². The van der Waals surface area contributed by atoms with Crippen molar-refractivity contribution in [1.29, 1.82) is 0 Å². The molecule has 0 aliphatic carbocycles. The normalized spacial score (nSPS) is 11.9. The molecule has 8 heteroatoms. The smallest absolute Gasteiger partial charge is 0.418 e. The maximum absolute atomic E-state index is 12.8. The lowest BCUT2D eigenvalue weighted by molar-refractivity contribution is -0.137. The van der Waals surface area contributed by atoms with Gasteiger partial charge in [-0.25, -0.2) is 0 Å². The van der Waals surface area contributed by atoms with Gasteiger partial charge in [0.2, 0.25) is 0 Å². The summed E-state index contributed by atoms with van der Waals surface area (Å²) in [5.41, 5.74) is 1.80. The van der Waals surface area contributed by atoms with Crippen LogP contribution >= 0.6 is 0 Å². The molecule has 0 bridgehead atoms. The van der Waals surface area contributed by atoms with Gasteiger partial charge in [-0.3, -0.25) is 5.43 Å². The molecule has 0 radical (unpaired) electrons. The van der Waals surface area contributed by atoms with E-state index in [1.54, 1.807) is 0 Å². The van der Waals surface area contributed by atoms with Gasteiger partial charge in [-0.1, -0.05) is 12.1 Å². The molecule has 0 aliphatic rings. The number of halogens is 5. The average molecular weight is 330 g/mol. The lowest BCUT2D eigenvalue weighted by Crippen LogP contribution is -2.08. The summed E-state index contributed by atoms with van der Waals surface area (Å²) in [5.74, 6) is -0.0208. The highest BCUT2D eigenvalue weighted by molar-refractivity contribution is 5.80. The van der Waals surface area contributed by atoms with Gasteiger partial charge in [-0.05, 0) is 42.0 Å². The summed E-state index contributed by atoms with van der Waals surface area (Å²) >= 11 is 0. The first-order valence-corrected chi connectivity index (χ1v) is 6.36. The minimum Gasteiger partial charge on any atom is -0.435 e. The van der Waals surface area contributed by atoms with Crippen molar-refractivity contribution >= 4 is 11.9 Å². The summed E-state index contributed by atoms with van der Waals surface area (Å²) in [6, 6.07) is 10.4. The second kappa shape index (κ2) is 7.08. The maximum atomic E-state index is 12.8. The van der Waals surface area contributed by atoms with Crippen molar-refractivity contribution in [3.63, 3.8) is 0 Å². The van der Waals surface area contributed by atoms with Gasteiger partial charge in [0.25, 0.3) is 0 Å². The van der Waals surface area contributed by atoms with Crippen molar-refractivity contribution in [2.75, 3.05) is 5.43 Å². The third-order valence-corrected chi connectivity index (χ3v) is 2.74. The highest BCUT2D eigenvalue weighted by Gasteiger charge is 2.33. The zero-order chi connectivity index (χ0) is 16.9. The molecule has 0 fully saturated rings. The molecule has 0 heterocycles. The Kier molecular flexibility index (Phi) is 5.15. The van der Waals surface area contributed by atoms with E-state index in [1.165, 1.54) is 48.7 Å². The number of rotatable bonds is 5. The third-order valence-electron chi connectivity index (χ3n) is 2.74. The fraction of sp³-hybridized carbons (Fsp3) is 0.133. The van der Waals surface area contributed by atoms with E-state index in [0.29, 0.717) is 5.56 Å². The zero-order valence-corrected chi connectivity index (χ0v) is 11.5. The van der Waals surface area contributed by atoms with Gasteiger partial charge < -0.3 is 4.74 Å². The van der Waals surface area contributed by atoms with Crippen molar-refractivity contribution in [3.8, 4) is 5.75 Å². The highest BCUT2D eigenvalue weighted by Crippen LogP contribution is 2.34. The van der Waals surface area contributed by atoms with Crippen LogP contribution < -0.4 is 10.2 Å². The lowest BCUT2D eigenvalue weighted by Gasteiger charge is -2.11. The van der Waals surface area contributed by atoms with E-state index in [4.69, 9.17) is 0 Å². The van der Waals surface area contributed by atoms with Gasteiger partial charge in [-0.15, -0.1) is 0 Å². The Labute approximate surface area is 128 Å². The number of nitrogens with zero attached hydrogens (tertiary/aromatic N) is 1. The van der Waals surface area contributed by atoms with E-state index in [-0.39, 0.29) is 11.4 Å². The largest absolute Gasteiger partial charge is 0.435 e. The van der Waals surface area contributed by atoms with E-state index < -0.39 is 18.4 Å². The molecule has 2 aromatic rings. The predicted molar refractivity (Wildman–Crippen MR) is 75.7 cm³/mol. The summed E-state index contributed by atoms with van der Waals surface area (Å²) in [6.07, 6.45) is -3.23. The standard InChI is InChI=1S/C15H11F5N2O/c16-14(17)23-11-7-5-10(6-8-11)9-21-22-13-4-2-1-3-12(13)15(18,19)20/h1-9,14,22H/b21-9-. The van der Waals surface area contributed by atoms with E-state index in [9.17, 15) is 22.0 Å². The van der Waals surface area contributed by atoms with Crippen LogP contribution in [0.15, 0.2) is 53.6 Å². The Morgan fingerprint density at radius 3 is 2.26 bits per heavy atom. The fourth-order valence-electron chi connectivity index (χ4n) is 1.74. The molecular weight excluding hydrogens is 319 g/mol. The molecule has 3 nitrogen and oxygen atoms in total. The van der Waals surface area contributed by atoms with Crippen molar-refractivity contribution in [3.05, 3.63) is 59.7 Å². The second-order valence-electron chi connectivity index (χ2n) is 4.36. The summed E-state index contributed by atoms with van der Waals surface area (Å²) in [6.45, 7) is -2.92. The number of para-hydroxylation sites is 1. The van der Waals surface area contributed by atoms with Crippen LogP contribution in [0, 0.1) is 0 Å². The molecule has 0 saturated carbocycles. The van der Waals surface area contributed by atoms with Crippen molar-refractivity contribution in [2.24, 2.45) is 5.10 Å². The van der Waals surface area contributed by atoms with Crippen LogP contribution in [0.5, 0.6) is 5.75 Å². The molecule has 0 spiro atoms. The van der Waals surface area contributed by atoms with Gasteiger partial charge in [0.05, 0.1) is 17.5 Å². The molecule has 0 aromatic heterocycles. The summed E-state index contributed by atoms with van der Waals surface area (Å²) in [5, 5.41) is 3.71.